The summed E-state index contributed by atoms with van der Waals surface area (Å²) in [7, 11) is 0. The van der Waals surface area contributed by atoms with E-state index in [1.165, 1.54) is 23.8 Å². The van der Waals surface area contributed by atoms with Crippen molar-refractivity contribution in [1.29, 1.82) is 0 Å². The number of carbonyl (C=O) groups excluding carboxylic acids is 1. The normalized spacial score (nSPS) is 10.7. The Hall–Kier alpha value is -3.66. The van der Waals surface area contributed by atoms with E-state index in [-0.39, 0.29) is 11.5 Å². The molecule has 0 saturated carbocycles. The standard InChI is InChI=1S/C23H19NO3/c1-16-6-8-18(9-7-16)21-5-3-2-4-17(21)12-15-22(25)24-20-13-10-19(11-14-20)23(26)27/h2-15H,1H3,(H,24,25)(H,26,27)/b15-12+. The number of nitrogens with one attached hydrogen (secondary N) is 1. The van der Waals surface area contributed by atoms with Crippen LogP contribution in [0.15, 0.2) is 78.9 Å². The predicted octanol–water partition coefficient (Wildman–Crippen LogP) is 5.01. The zero-order valence-corrected chi connectivity index (χ0v) is 14.8. The molecule has 4 nitrogen and oxygen atoms in total. The Morgan fingerprint density at radius 3 is 2.22 bits per heavy atom. The predicted molar refractivity (Wildman–Crippen MR) is 108 cm³/mol. The number of carbonyl (C=O) groups is 2. The first kappa shape index (κ1) is 18.1. The molecule has 0 aliphatic carbocycles. The molecule has 0 heterocycles. The first-order chi connectivity index (χ1) is 13.0. The number of aryl methyl sites for hydroxylation is 1. The second-order valence-electron chi connectivity index (χ2n) is 6.16. The lowest BCUT2D eigenvalue weighted by atomic mass is 9.98. The number of hydrogen-bond acceptors (Lipinski definition) is 2. The molecule has 0 bridgehead atoms. The van der Waals surface area contributed by atoms with Crippen LogP contribution in [0.2, 0.25) is 0 Å². The minimum atomic E-state index is -1.000. The lowest BCUT2D eigenvalue weighted by Crippen LogP contribution is -2.08. The molecule has 0 unspecified atom stereocenters. The van der Waals surface area contributed by atoms with E-state index in [4.69, 9.17) is 5.11 Å². The first-order valence-corrected chi connectivity index (χ1v) is 8.51. The summed E-state index contributed by atoms with van der Waals surface area (Å²) >= 11 is 0. The molecule has 0 atom stereocenters. The number of carboxylic acid groups (broad SMARTS) is 1. The third-order valence-corrected chi connectivity index (χ3v) is 4.14. The van der Waals surface area contributed by atoms with Crippen LogP contribution in [0.25, 0.3) is 17.2 Å². The fourth-order valence-electron chi connectivity index (χ4n) is 2.68. The number of aromatic carboxylic acids is 1. The van der Waals surface area contributed by atoms with Gasteiger partial charge in [-0.05, 0) is 54.0 Å². The SMILES string of the molecule is Cc1ccc(-c2ccccc2/C=C/C(=O)Nc2ccc(C(=O)O)cc2)cc1. The van der Waals surface area contributed by atoms with Gasteiger partial charge in [0, 0.05) is 11.8 Å². The van der Waals surface area contributed by atoms with Crippen LogP contribution in [0, 0.1) is 6.92 Å². The van der Waals surface area contributed by atoms with Crippen molar-refractivity contribution in [2.24, 2.45) is 0 Å². The van der Waals surface area contributed by atoms with Crippen LogP contribution < -0.4 is 5.32 Å². The average molecular weight is 357 g/mol. The van der Waals surface area contributed by atoms with Crippen molar-refractivity contribution in [3.8, 4) is 11.1 Å². The van der Waals surface area contributed by atoms with Crippen LogP contribution in [0.3, 0.4) is 0 Å². The summed E-state index contributed by atoms with van der Waals surface area (Å²) in [6.07, 6.45) is 3.24. The van der Waals surface area contributed by atoms with E-state index in [0.717, 1.165) is 16.7 Å². The van der Waals surface area contributed by atoms with Gasteiger partial charge in [-0.15, -0.1) is 0 Å². The van der Waals surface area contributed by atoms with E-state index < -0.39 is 5.97 Å². The quantitative estimate of drug-likeness (QED) is 0.631. The van der Waals surface area contributed by atoms with Crippen LogP contribution in [0.4, 0.5) is 5.69 Å². The van der Waals surface area contributed by atoms with E-state index in [1.54, 1.807) is 18.2 Å². The second-order valence-corrected chi connectivity index (χ2v) is 6.16. The molecule has 0 saturated heterocycles. The maximum Gasteiger partial charge on any atom is 0.335 e. The Morgan fingerprint density at radius 2 is 1.56 bits per heavy atom. The Morgan fingerprint density at radius 1 is 0.889 bits per heavy atom. The van der Waals surface area contributed by atoms with Gasteiger partial charge in [0.2, 0.25) is 5.91 Å². The molecule has 2 N–H and O–H groups in total. The first-order valence-electron chi connectivity index (χ1n) is 8.51. The molecule has 0 aromatic heterocycles. The van der Waals surface area contributed by atoms with Gasteiger partial charge >= 0.3 is 5.97 Å². The van der Waals surface area contributed by atoms with Crippen LogP contribution in [-0.4, -0.2) is 17.0 Å². The van der Waals surface area contributed by atoms with E-state index in [1.807, 2.05) is 31.2 Å². The van der Waals surface area contributed by atoms with Crippen molar-refractivity contribution < 1.29 is 14.7 Å². The molecule has 3 aromatic rings. The number of anilines is 1. The van der Waals surface area contributed by atoms with Crippen molar-refractivity contribution in [3.63, 3.8) is 0 Å². The molecule has 27 heavy (non-hydrogen) atoms. The lowest BCUT2D eigenvalue weighted by Gasteiger charge is -2.07. The highest BCUT2D eigenvalue weighted by atomic mass is 16.4. The molecule has 0 radical (unpaired) electrons. The molecular weight excluding hydrogens is 338 g/mol. The Bertz CT molecular complexity index is 987. The Balaban J connectivity index is 1.75. The van der Waals surface area contributed by atoms with Gasteiger partial charge in [0.15, 0.2) is 0 Å². The highest BCUT2D eigenvalue weighted by molar-refractivity contribution is 6.02. The number of carboxylic acids is 1. The zero-order chi connectivity index (χ0) is 19.2. The minimum absolute atomic E-state index is 0.176. The fourth-order valence-corrected chi connectivity index (χ4v) is 2.68. The highest BCUT2D eigenvalue weighted by Gasteiger charge is 2.05. The number of rotatable bonds is 5. The van der Waals surface area contributed by atoms with Crippen LogP contribution in [-0.2, 0) is 4.79 Å². The molecule has 0 aliphatic heterocycles. The third kappa shape index (κ3) is 4.70. The molecule has 0 aliphatic rings. The zero-order valence-electron chi connectivity index (χ0n) is 14.8. The topological polar surface area (TPSA) is 66.4 Å². The van der Waals surface area contributed by atoms with Crippen LogP contribution in [0.1, 0.15) is 21.5 Å². The largest absolute Gasteiger partial charge is 0.478 e. The van der Waals surface area contributed by atoms with Crippen LogP contribution >= 0.6 is 0 Å². The van der Waals surface area contributed by atoms with E-state index in [9.17, 15) is 9.59 Å². The Labute approximate surface area is 157 Å². The molecule has 0 spiro atoms. The van der Waals surface area contributed by atoms with E-state index in [2.05, 4.69) is 29.6 Å². The third-order valence-electron chi connectivity index (χ3n) is 4.14. The van der Waals surface area contributed by atoms with Crippen molar-refractivity contribution in [1.82, 2.24) is 0 Å². The van der Waals surface area contributed by atoms with Gasteiger partial charge in [-0.1, -0.05) is 54.1 Å². The summed E-state index contributed by atoms with van der Waals surface area (Å²) in [5, 5.41) is 11.6. The molecule has 134 valence electrons. The maximum atomic E-state index is 12.2. The smallest absolute Gasteiger partial charge is 0.335 e. The van der Waals surface area contributed by atoms with Crippen molar-refractivity contribution in [2.45, 2.75) is 6.92 Å². The molecular formula is C23H19NO3. The lowest BCUT2D eigenvalue weighted by molar-refractivity contribution is -0.111. The number of hydrogen-bond donors (Lipinski definition) is 2. The summed E-state index contributed by atoms with van der Waals surface area (Å²) in [6, 6.07) is 22.2. The molecule has 4 heteroatoms. The van der Waals surface area contributed by atoms with Crippen molar-refractivity contribution in [3.05, 3.63) is 95.6 Å². The van der Waals surface area contributed by atoms with Crippen molar-refractivity contribution in [2.75, 3.05) is 5.32 Å². The summed E-state index contributed by atoms with van der Waals surface area (Å²) in [4.78, 5) is 23.0. The summed E-state index contributed by atoms with van der Waals surface area (Å²) in [5.74, 6) is -1.28. The van der Waals surface area contributed by atoms with Gasteiger partial charge in [-0.25, -0.2) is 4.79 Å². The Kier molecular flexibility index (Phi) is 5.47. The molecule has 0 fully saturated rings. The fraction of sp³-hybridized carbons (Fsp3) is 0.0435. The van der Waals surface area contributed by atoms with Crippen LogP contribution in [0.5, 0.6) is 0 Å². The van der Waals surface area contributed by atoms with Gasteiger partial charge in [0.25, 0.3) is 0 Å². The van der Waals surface area contributed by atoms with Gasteiger partial charge in [0.05, 0.1) is 5.56 Å². The van der Waals surface area contributed by atoms with Gasteiger partial charge < -0.3 is 10.4 Å². The highest BCUT2D eigenvalue weighted by Crippen LogP contribution is 2.25. The van der Waals surface area contributed by atoms with Gasteiger partial charge in [-0.2, -0.15) is 0 Å². The van der Waals surface area contributed by atoms with E-state index >= 15 is 0 Å². The van der Waals surface area contributed by atoms with Gasteiger partial charge in [0.1, 0.15) is 0 Å². The number of amides is 1. The van der Waals surface area contributed by atoms with Gasteiger partial charge in [-0.3, -0.25) is 4.79 Å². The van der Waals surface area contributed by atoms with Crippen molar-refractivity contribution >= 4 is 23.6 Å². The number of benzene rings is 3. The summed E-state index contributed by atoms with van der Waals surface area (Å²) in [5.41, 5.74) is 4.99. The summed E-state index contributed by atoms with van der Waals surface area (Å²) < 4.78 is 0. The summed E-state index contributed by atoms with van der Waals surface area (Å²) in [6.45, 7) is 2.04. The molecule has 3 aromatic carbocycles. The maximum absolute atomic E-state index is 12.2. The molecule has 3 rings (SSSR count). The molecule has 1 amide bonds. The van der Waals surface area contributed by atoms with E-state index in [0.29, 0.717) is 5.69 Å². The monoisotopic (exact) mass is 357 g/mol. The minimum Gasteiger partial charge on any atom is -0.478 e. The second kappa shape index (κ2) is 8.15. The average Bonchev–Trinajstić information content (AvgIpc) is 2.68.